The van der Waals surface area contributed by atoms with Gasteiger partial charge in [-0.25, -0.2) is 9.97 Å². The number of hydrogen-bond donors (Lipinski definition) is 0. The second-order valence-corrected chi connectivity index (χ2v) is 6.95. The molecule has 0 unspecified atom stereocenters. The summed E-state index contributed by atoms with van der Waals surface area (Å²) in [5.41, 5.74) is 2.67. The average Bonchev–Trinajstić information content (AvgIpc) is 2.74. The van der Waals surface area contributed by atoms with Crippen LogP contribution in [0.5, 0.6) is 0 Å². The van der Waals surface area contributed by atoms with E-state index in [2.05, 4.69) is 38.9 Å². The summed E-state index contributed by atoms with van der Waals surface area (Å²) in [4.78, 5) is 30.0. The molecule has 3 aromatic rings. The van der Waals surface area contributed by atoms with Gasteiger partial charge in [-0.15, -0.1) is 0 Å². The van der Waals surface area contributed by atoms with Gasteiger partial charge in [0.15, 0.2) is 5.65 Å². The third kappa shape index (κ3) is 3.89. The van der Waals surface area contributed by atoms with Crippen molar-refractivity contribution >= 4 is 22.9 Å². The Morgan fingerprint density at radius 1 is 1.00 bits per heavy atom. The summed E-state index contributed by atoms with van der Waals surface area (Å²) in [6, 6.07) is 14.2. The van der Waals surface area contributed by atoms with E-state index in [0.717, 1.165) is 37.5 Å². The van der Waals surface area contributed by atoms with Crippen LogP contribution in [0.15, 0.2) is 54.9 Å². The molecule has 27 heavy (non-hydrogen) atoms. The van der Waals surface area contributed by atoms with E-state index >= 15 is 0 Å². The van der Waals surface area contributed by atoms with E-state index in [1.165, 1.54) is 5.56 Å². The summed E-state index contributed by atoms with van der Waals surface area (Å²) in [6.45, 7) is 5.12. The number of carbonyl (C=O) groups is 1. The molecule has 3 heterocycles. The number of carbonyl (C=O) groups excluding carboxylic acids is 1. The van der Waals surface area contributed by atoms with Crippen molar-refractivity contribution in [3.05, 3.63) is 60.4 Å². The third-order valence-electron chi connectivity index (χ3n) is 5.12. The van der Waals surface area contributed by atoms with Crippen molar-refractivity contribution in [1.82, 2.24) is 19.9 Å². The Kier molecular flexibility index (Phi) is 4.96. The van der Waals surface area contributed by atoms with Crippen LogP contribution in [0.1, 0.15) is 24.8 Å². The summed E-state index contributed by atoms with van der Waals surface area (Å²) in [6.07, 6.45) is 3.88. The van der Waals surface area contributed by atoms with Crippen LogP contribution < -0.4 is 4.90 Å². The zero-order valence-corrected chi connectivity index (χ0v) is 15.5. The van der Waals surface area contributed by atoms with Gasteiger partial charge in [0.1, 0.15) is 11.3 Å². The Balaban J connectivity index is 1.36. The van der Waals surface area contributed by atoms with Crippen LogP contribution >= 0.6 is 0 Å². The average molecular weight is 361 g/mol. The number of amides is 1. The molecular weight excluding hydrogens is 338 g/mol. The number of aromatic nitrogens is 3. The Labute approximate surface area is 158 Å². The lowest BCUT2D eigenvalue weighted by molar-refractivity contribution is -0.131. The molecule has 0 N–H and O–H groups in total. The first-order valence-corrected chi connectivity index (χ1v) is 9.36. The standard InChI is InChI=1S/C21H23N5O/c1-16(17-5-3-2-4-6-17)15-20(27)26-13-11-25(12-14-26)19-8-7-18-21(24-19)23-10-9-22-18/h2-10,16H,11-15H2,1H3/t16-/m0/s1. The fourth-order valence-corrected chi connectivity index (χ4v) is 3.50. The third-order valence-corrected chi connectivity index (χ3v) is 5.12. The van der Waals surface area contributed by atoms with Crippen molar-refractivity contribution in [2.75, 3.05) is 31.1 Å². The maximum Gasteiger partial charge on any atom is 0.223 e. The molecule has 4 rings (SSSR count). The Hall–Kier alpha value is -3.02. The SMILES string of the molecule is C[C@@H](CC(=O)N1CCN(c2ccc3nccnc3n2)CC1)c1ccccc1. The summed E-state index contributed by atoms with van der Waals surface area (Å²) < 4.78 is 0. The number of hydrogen-bond acceptors (Lipinski definition) is 5. The van der Waals surface area contributed by atoms with Crippen LogP contribution in [-0.2, 0) is 4.79 Å². The van der Waals surface area contributed by atoms with E-state index in [1.807, 2.05) is 35.2 Å². The molecule has 1 aromatic carbocycles. The highest BCUT2D eigenvalue weighted by Gasteiger charge is 2.23. The Bertz CT molecular complexity index is 922. The lowest BCUT2D eigenvalue weighted by Crippen LogP contribution is -2.49. The molecule has 1 amide bonds. The zero-order valence-electron chi connectivity index (χ0n) is 15.5. The summed E-state index contributed by atoms with van der Waals surface area (Å²) in [7, 11) is 0. The lowest BCUT2D eigenvalue weighted by Gasteiger charge is -2.36. The second kappa shape index (κ2) is 7.70. The van der Waals surface area contributed by atoms with Gasteiger partial charge in [0.25, 0.3) is 0 Å². The van der Waals surface area contributed by atoms with Gasteiger partial charge in [-0.3, -0.25) is 9.78 Å². The van der Waals surface area contributed by atoms with Crippen molar-refractivity contribution < 1.29 is 4.79 Å². The number of pyridine rings is 1. The number of fused-ring (bicyclic) bond motifs is 1. The van der Waals surface area contributed by atoms with Crippen LogP contribution in [0.4, 0.5) is 5.82 Å². The maximum atomic E-state index is 12.7. The largest absolute Gasteiger partial charge is 0.353 e. The monoisotopic (exact) mass is 361 g/mol. The molecule has 138 valence electrons. The molecule has 0 spiro atoms. The van der Waals surface area contributed by atoms with E-state index in [1.54, 1.807) is 12.4 Å². The predicted molar refractivity (Wildman–Crippen MR) is 106 cm³/mol. The smallest absolute Gasteiger partial charge is 0.223 e. The van der Waals surface area contributed by atoms with Crippen molar-refractivity contribution in [3.63, 3.8) is 0 Å². The number of anilines is 1. The van der Waals surface area contributed by atoms with Crippen LogP contribution in [0.2, 0.25) is 0 Å². The Morgan fingerprint density at radius 3 is 2.52 bits per heavy atom. The van der Waals surface area contributed by atoms with Gasteiger partial charge in [0, 0.05) is 45.0 Å². The van der Waals surface area contributed by atoms with Gasteiger partial charge in [0.2, 0.25) is 5.91 Å². The van der Waals surface area contributed by atoms with Crippen LogP contribution in [0, 0.1) is 0 Å². The summed E-state index contributed by atoms with van der Waals surface area (Å²) >= 11 is 0. The first-order valence-electron chi connectivity index (χ1n) is 9.36. The highest BCUT2D eigenvalue weighted by atomic mass is 16.2. The molecule has 6 nitrogen and oxygen atoms in total. The van der Waals surface area contributed by atoms with E-state index in [-0.39, 0.29) is 11.8 Å². The minimum Gasteiger partial charge on any atom is -0.353 e. The first-order chi connectivity index (χ1) is 13.2. The number of benzene rings is 1. The molecule has 1 aliphatic heterocycles. The fourth-order valence-electron chi connectivity index (χ4n) is 3.50. The van der Waals surface area contributed by atoms with Crippen molar-refractivity contribution in [2.45, 2.75) is 19.3 Å². The topological polar surface area (TPSA) is 62.2 Å². The fraction of sp³-hybridized carbons (Fsp3) is 0.333. The van der Waals surface area contributed by atoms with Gasteiger partial charge in [0.05, 0.1) is 0 Å². The molecule has 0 saturated carbocycles. The van der Waals surface area contributed by atoms with E-state index < -0.39 is 0 Å². The minimum absolute atomic E-state index is 0.225. The quantitative estimate of drug-likeness (QED) is 0.715. The molecule has 1 atom stereocenters. The molecule has 0 aliphatic carbocycles. The summed E-state index contributed by atoms with van der Waals surface area (Å²) in [5.74, 6) is 1.36. The number of rotatable bonds is 4. The number of piperazine rings is 1. The molecule has 1 saturated heterocycles. The Morgan fingerprint density at radius 2 is 1.74 bits per heavy atom. The van der Waals surface area contributed by atoms with Gasteiger partial charge in [-0.05, 0) is 23.6 Å². The van der Waals surface area contributed by atoms with Crippen LogP contribution in [-0.4, -0.2) is 51.9 Å². The van der Waals surface area contributed by atoms with Crippen molar-refractivity contribution in [3.8, 4) is 0 Å². The molecular formula is C21H23N5O. The highest BCUT2D eigenvalue weighted by molar-refractivity contribution is 5.77. The maximum absolute atomic E-state index is 12.7. The number of nitrogens with zero attached hydrogens (tertiary/aromatic N) is 5. The van der Waals surface area contributed by atoms with Gasteiger partial charge in [-0.1, -0.05) is 37.3 Å². The van der Waals surface area contributed by atoms with Crippen LogP contribution in [0.25, 0.3) is 11.2 Å². The normalized spacial score (nSPS) is 15.7. The molecule has 1 aliphatic rings. The van der Waals surface area contributed by atoms with Gasteiger partial charge in [-0.2, -0.15) is 0 Å². The van der Waals surface area contributed by atoms with Crippen molar-refractivity contribution in [2.24, 2.45) is 0 Å². The molecule has 2 aromatic heterocycles. The highest BCUT2D eigenvalue weighted by Crippen LogP contribution is 2.21. The van der Waals surface area contributed by atoms with Gasteiger partial charge >= 0.3 is 0 Å². The molecule has 6 heteroatoms. The predicted octanol–water partition coefficient (Wildman–Crippen LogP) is 2.87. The molecule has 1 fully saturated rings. The molecule has 0 bridgehead atoms. The second-order valence-electron chi connectivity index (χ2n) is 6.95. The molecule has 0 radical (unpaired) electrons. The zero-order chi connectivity index (χ0) is 18.6. The van der Waals surface area contributed by atoms with E-state index in [9.17, 15) is 4.79 Å². The first kappa shape index (κ1) is 17.4. The van der Waals surface area contributed by atoms with E-state index in [4.69, 9.17) is 0 Å². The van der Waals surface area contributed by atoms with Gasteiger partial charge < -0.3 is 9.80 Å². The lowest BCUT2D eigenvalue weighted by atomic mass is 9.97. The minimum atomic E-state index is 0.225. The van der Waals surface area contributed by atoms with Crippen LogP contribution in [0.3, 0.4) is 0 Å². The summed E-state index contributed by atoms with van der Waals surface area (Å²) in [5, 5.41) is 0. The van der Waals surface area contributed by atoms with Crippen molar-refractivity contribution in [1.29, 1.82) is 0 Å². The van der Waals surface area contributed by atoms with E-state index in [0.29, 0.717) is 12.1 Å².